The van der Waals surface area contributed by atoms with Gasteiger partial charge < -0.3 is 15.5 Å². The first-order valence-electron chi connectivity index (χ1n) is 8.50. The third-order valence-electron chi connectivity index (χ3n) is 4.70. The van der Waals surface area contributed by atoms with E-state index >= 15 is 0 Å². The van der Waals surface area contributed by atoms with Crippen LogP contribution in [0.25, 0.3) is 0 Å². The van der Waals surface area contributed by atoms with Crippen LogP contribution in [0.5, 0.6) is 0 Å². The van der Waals surface area contributed by atoms with Crippen LogP contribution >= 0.6 is 36.2 Å². The molecule has 26 heavy (non-hydrogen) atoms. The molecule has 2 aromatic rings. The summed E-state index contributed by atoms with van der Waals surface area (Å²) in [4.78, 5) is 16.2. The molecule has 146 valence electrons. The van der Waals surface area contributed by atoms with Crippen LogP contribution in [0.3, 0.4) is 0 Å². The second kappa shape index (κ2) is 10.9. The minimum Gasteiger partial charge on any atom is -0.467 e. The Bertz CT molecular complexity index is 655. The quantitative estimate of drug-likeness (QED) is 0.745. The Hall–Kier alpha value is -1.05. The van der Waals surface area contributed by atoms with Crippen molar-refractivity contribution >= 4 is 42.1 Å². The zero-order valence-electron chi connectivity index (χ0n) is 14.8. The number of halogens is 2. The molecule has 1 fully saturated rings. The second-order valence-electron chi connectivity index (χ2n) is 6.47. The van der Waals surface area contributed by atoms with Crippen LogP contribution in [0, 0.1) is 5.92 Å². The number of nitrogens with zero attached hydrogens (tertiary/aromatic N) is 1. The molecule has 0 bridgehead atoms. The number of rotatable bonds is 6. The van der Waals surface area contributed by atoms with Crippen molar-refractivity contribution in [3.63, 3.8) is 0 Å². The fraction of sp³-hybridized carbons (Fsp3) is 0.500. The summed E-state index contributed by atoms with van der Waals surface area (Å²) in [5, 5.41) is 5.16. The molecule has 0 aliphatic carbocycles. The monoisotopic (exact) mass is 419 g/mol. The third kappa shape index (κ3) is 5.72. The number of hydrogen-bond acceptors (Lipinski definition) is 5. The first kappa shape index (κ1) is 23.0. The maximum Gasteiger partial charge on any atom is 0.254 e. The number of furan rings is 1. The van der Waals surface area contributed by atoms with Crippen molar-refractivity contribution in [3.05, 3.63) is 46.0 Å². The molecule has 3 rings (SSSR count). The normalized spacial score (nSPS) is 16.4. The standard InChI is InChI=1S/C18H25N3O2S.2ClH/c1-13-4-6-21(7-5-13)16(17-3-2-8-24-17)11-20-18(22)14-9-15(10-19)23-12-14;;/h2-3,8-9,12-13,16H,4-7,10-11,19H2,1H3,(H,20,22);2*1H. The molecule has 0 spiro atoms. The fourth-order valence-corrected chi connectivity index (χ4v) is 3.99. The summed E-state index contributed by atoms with van der Waals surface area (Å²) in [7, 11) is 0. The third-order valence-corrected chi connectivity index (χ3v) is 5.68. The van der Waals surface area contributed by atoms with Gasteiger partial charge in [-0.25, -0.2) is 0 Å². The van der Waals surface area contributed by atoms with Gasteiger partial charge in [-0.1, -0.05) is 13.0 Å². The number of carbonyl (C=O) groups excluding carboxylic acids is 1. The van der Waals surface area contributed by atoms with Crippen LogP contribution in [0.1, 0.15) is 46.8 Å². The average molecular weight is 420 g/mol. The number of amides is 1. The molecule has 0 aromatic carbocycles. The highest BCUT2D eigenvalue weighted by molar-refractivity contribution is 7.10. The van der Waals surface area contributed by atoms with Gasteiger partial charge >= 0.3 is 0 Å². The Morgan fingerprint density at radius 2 is 2.15 bits per heavy atom. The number of carbonyl (C=O) groups is 1. The second-order valence-corrected chi connectivity index (χ2v) is 7.44. The molecule has 8 heteroatoms. The van der Waals surface area contributed by atoms with Crippen LogP contribution < -0.4 is 11.1 Å². The molecule has 1 aliphatic heterocycles. The van der Waals surface area contributed by atoms with Gasteiger partial charge in [-0.15, -0.1) is 36.2 Å². The molecule has 3 heterocycles. The largest absolute Gasteiger partial charge is 0.467 e. The van der Waals surface area contributed by atoms with E-state index in [1.807, 2.05) is 0 Å². The van der Waals surface area contributed by atoms with E-state index in [2.05, 4.69) is 34.7 Å². The highest BCUT2D eigenvalue weighted by Gasteiger charge is 2.26. The molecule has 3 N–H and O–H groups in total. The Kier molecular flexibility index (Phi) is 9.68. The summed E-state index contributed by atoms with van der Waals surface area (Å²) in [5.74, 6) is 1.31. The van der Waals surface area contributed by atoms with Crippen LogP contribution in [0.2, 0.25) is 0 Å². The molecule has 2 aromatic heterocycles. The number of piperidine rings is 1. The molecular weight excluding hydrogens is 393 g/mol. The Morgan fingerprint density at radius 1 is 1.42 bits per heavy atom. The van der Waals surface area contributed by atoms with Crippen LogP contribution in [-0.4, -0.2) is 30.4 Å². The Morgan fingerprint density at radius 3 is 2.73 bits per heavy atom. The lowest BCUT2D eigenvalue weighted by Gasteiger charge is -2.36. The van der Waals surface area contributed by atoms with Crippen LogP contribution in [0.15, 0.2) is 34.3 Å². The van der Waals surface area contributed by atoms with E-state index in [1.165, 1.54) is 24.0 Å². The number of nitrogens with two attached hydrogens (primary N) is 1. The van der Waals surface area contributed by atoms with Crippen molar-refractivity contribution in [3.8, 4) is 0 Å². The van der Waals surface area contributed by atoms with E-state index in [9.17, 15) is 4.79 Å². The van der Waals surface area contributed by atoms with Gasteiger partial charge in [0.25, 0.3) is 5.91 Å². The first-order chi connectivity index (χ1) is 11.7. The zero-order chi connectivity index (χ0) is 16.9. The lowest BCUT2D eigenvalue weighted by atomic mass is 9.97. The van der Waals surface area contributed by atoms with E-state index in [1.54, 1.807) is 17.4 Å². The maximum absolute atomic E-state index is 12.4. The summed E-state index contributed by atoms with van der Waals surface area (Å²) in [5.41, 5.74) is 6.06. The summed E-state index contributed by atoms with van der Waals surface area (Å²) in [6.45, 7) is 5.40. The van der Waals surface area contributed by atoms with Gasteiger partial charge in [-0.05, 0) is 49.4 Å². The molecule has 1 amide bonds. The van der Waals surface area contributed by atoms with Crippen molar-refractivity contribution in [1.82, 2.24) is 10.2 Å². The van der Waals surface area contributed by atoms with Crippen LogP contribution in [0.4, 0.5) is 0 Å². The molecule has 5 nitrogen and oxygen atoms in total. The predicted octanol–water partition coefficient (Wildman–Crippen LogP) is 3.85. The number of nitrogens with one attached hydrogen (secondary N) is 1. The lowest BCUT2D eigenvalue weighted by Crippen LogP contribution is -2.41. The number of thiophene rings is 1. The average Bonchev–Trinajstić information content (AvgIpc) is 3.28. The van der Waals surface area contributed by atoms with Gasteiger partial charge in [0, 0.05) is 11.4 Å². The topological polar surface area (TPSA) is 71.5 Å². The van der Waals surface area contributed by atoms with Gasteiger partial charge in [-0.3, -0.25) is 9.69 Å². The molecule has 1 aliphatic rings. The predicted molar refractivity (Wildman–Crippen MR) is 110 cm³/mol. The van der Waals surface area contributed by atoms with Crippen molar-refractivity contribution in [2.24, 2.45) is 11.7 Å². The summed E-state index contributed by atoms with van der Waals surface area (Å²) in [6, 6.07) is 6.18. The van der Waals surface area contributed by atoms with Gasteiger partial charge in [0.2, 0.25) is 0 Å². The molecule has 0 radical (unpaired) electrons. The van der Waals surface area contributed by atoms with Crippen molar-refractivity contribution in [2.45, 2.75) is 32.4 Å². The van der Waals surface area contributed by atoms with E-state index in [0.717, 1.165) is 19.0 Å². The van der Waals surface area contributed by atoms with Crippen molar-refractivity contribution in [2.75, 3.05) is 19.6 Å². The molecule has 1 atom stereocenters. The van der Waals surface area contributed by atoms with Gasteiger partial charge in [0.05, 0.1) is 18.2 Å². The number of hydrogen-bond donors (Lipinski definition) is 2. The fourth-order valence-electron chi connectivity index (χ4n) is 3.13. The van der Waals surface area contributed by atoms with Gasteiger partial charge in [-0.2, -0.15) is 0 Å². The van der Waals surface area contributed by atoms with E-state index in [0.29, 0.717) is 24.4 Å². The molecule has 0 saturated carbocycles. The highest BCUT2D eigenvalue weighted by atomic mass is 35.5. The molecular formula is C18H27Cl2N3O2S. The smallest absolute Gasteiger partial charge is 0.254 e. The van der Waals surface area contributed by atoms with E-state index < -0.39 is 0 Å². The van der Waals surface area contributed by atoms with E-state index in [4.69, 9.17) is 10.2 Å². The maximum atomic E-state index is 12.4. The minimum atomic E-state index is -0.106. The summed E-state index contributed by atoms with van der Waals surface area (Å²) < 4.78 is 5.25. The summed E-state index contributed by atoms with van der Waals surface area (Å²) >= 11 is 1.75. The highest BCUT2D eigenvalue weighted by Crippen LogP contribution is 2.29. The van der Waals surface area contributed by atoms with Crippen LogP contribution in [-0.2, 0) is 6.54 Å². The van der Waals surface area contributed by atoms with E-state index in [-0.39, 0.29) is 36.8 Å². The minimum absolute atomic E-state index is 0. The van der Waals surface area contributed by atoms with Gasteiger partial charge in [0.1, 0.15) is 12.0 Å². The number of likely N-dealkylation sites (tertiary alicyclic amines) is 1. The van der Waals surface area contributed by atoms with Crippen molar-refractivity contribution < 1.29 is 9.21 Å². The lowest BCUT2D eigenvalue weighted by molar-refractivity contribution is 0.0914. The zero-order valence-corrected chi connectivity index (χ0v) is 17.3. The molecule has 1 unspecified atom stereocenters. The molecule has 1 saturated heterocycles. The van der Waals surface area contributed by atoms with Gasteiger partial charge in [0.15, 0.2) is 0 Å². The first-order valence-corrected chi connectivity index (χ1v) is 9.38. The Labute approximate surface area is 171 Å². The summed E-state index contributed by atoms with van der Waals surface area (Å²) in [6.07, 6.45) is 3.91. The SMILES string of the molecule is CC1CCN(C(CNC(=O)c2coc(CN)c2)c2cccs2)CC1.Cl.Cl. The Balaban J connectivity index is 0.00000169. The van der Waals surface area contributed by atoms with Crippen molar-refractivity contribution in [1.29, 1.82) is 0 Å².